The van der Waals surface area contributed by atoms with Crippen LogP contribution in [0.4, 0.5) is 0 Å². The Kier molecular flexibility index (Phi) is 4.52. The lowest BCUT2D eigenvalue weighted by atomic mass is 10.2. The zero-order valence-electron chi connectivity index (χ0n) is 8.23. The Bertz CT molecular complexity index is 315. The van der Waals surface area contributed by atoms with Crippen molar-refractivity contribution in [1.29, 1.82) is 0 Å². The van der Waals surface area contributed by atoms with Gasteiger partial charge in [0.15, 0.2) is 0 Å². The normalized spacial score (nSPS) is 10.3. The lowest BCUT2D eigenvalue weighted by Gasteiger charge is -2.08. The van der Waals surface area contributed by atoms with E-state index in [1.54, 1.807) is 13.2 Å². The summed E-state index contributed by atoms with van der Waals surface area (Å²) in [5.74, 6) is 0.608. The number of hydrogen-bond donors (Lipinski definition) is 1. The van der Waals surface area contributed by atoms with Gasteiger partial charge in [0.05, 0.1) is 12.1 Å². The van der Waals surface area contributed by atoms with E-state index >= 15 is 0 Å². The van der Waals surface area contributed by atoms with E-state index in [1.807, 2.05) is 13.0 Å². The molecule has 0 bridgehead atoms. The molecule has 0 unspecified atom stereocenters. The van der Waals surface area contributed by atoms with Crippen molar-refractivity contribution in [3.63, 3.8) is 0 Å². The molecular formula is C10H13Cl2NO. The van der Waals surface area contributed by atoms with E-state index in [9.17, 15) is 0 Å². The maximum absolute atomic E-state index is 6.04. The summed E-state index contributed by atoms with van der Waals surface area (Å²) in [6.07, 6.45) is 0. The van der Waals surface area contributed by atoms with Crippen LogP contribution in [0.3, 0.4) is 0 Å². The predicted octanol–water partition coefficient (Wildman–Crippen LogP) is 3.11. The minimum Gasteiger partial charge on any atom is -0.495 e. The van der Waals surface area contributed by atoms with Crippen LogP contribution in [0.2, 0.25) is 10.0 Å². The second-order valence-corrected chi connectivity index (χ2v) is 3.67. The van der Waals surface area contributed by atoms with Crippen molar-refractivity contribution in [2.45, 2.75) is 13.5 Å². The van der Waals surface area contributed by atoms with E-state index in [2.05, 4.69) is 5.32 Å². The summed E-state index contributed by atoms with van der Waals surface area (Å²) in [6.45, 7) is 3.66. The monoisotopic (exact) mass is 233 g/mol. The van der Waals surface area contributed by atoms with Crippen molar-refractivity contribution < 1.29 is 4.74 Å². The molecule has 1 rings (SSSR count). The first-order chi connectivity index (χ1) is 6.69. The van der Waals surface area contributed by atoms with Crippen molar-refractivity contribution in [3.8, 4) is 5.75 Å². The number of ether oxygens (including phenoxy) is 1. The average Bonchev–Trinajstić information content (AvgIpc) is 2.18. The lowest BCUT2D eigenvalue weighted by molar-refractivity contribution is 0.415. The third-order valence-electron chi connectivity index (χ3n) is 1.89. The summed E-state index contributed by atoms with van der Waals surface area (Å²) < 4.78 is 5.05. The molecule has 2 nitrogen and oxygen atoms in total. The Morgan fingerprint density at radius 2 is 2.00 bits per heavy atom. The van der Waals surface area contributed by atoms with Gasteiger partial charge in [0.25, 0.3) is 0 Å². The maximum atomic E-state index is 6.04. The molecule has 0 amide bonds. The fourth-order valence-electron chi connectivity index (χ4n) is 1.12. The molecule has 4 heteroatoms. The maximum Gasteiger partial charge on any atom is 0.138 e. The molecule has 1 N–H and O–H groups in total. The summed E-state index contributed by atoms with van der Waals surface area (Å²) >= 11 is 12.0. The highest BCUT2D eigenvalue weighted by atomic mass is 35.5. The van der Waals surface area contributed by atoms with Crippen LogP contribution in [0.25, 0.3) is 0 Å². The van der Waals surface area contributed by atoms with Crippen LogP contribution in [-0.2, 0) is 6.54 Å². The van der Waals surface area contributed by atoms with Crippen molar-refractivity contribution >= 4 is 23.2 Å². The Hall–Kier alpha value is -0.440. The molecule has 0 aliphatic heterocycles. The van der Waals surface area contributed by atoms with Crippen molar-refractivity contribution in [1.82, 2.24) is 5.32 Å². The van der Waals surface area contributed by atoms with Crippen molar-refractivity contribution in [3.05, 3.63) is 27.7 Å². The van der Waals surface area contributed by atoms with Crippen LogP contribution in [0.1, 0.15) is 12.5 Å². The Morgan fingerprint density at radius 1 is 1.29 bits per heavy atom. The molecule has 1 aromatic carbocycles. The highest BCUT2D eigenvalue weighted by molar-refractivity contribution is 6.34. The molecule has 0 saturated carbocycles. The Morgan fingerprint density at radius 3 is 2.57 bits per heavy atom. The van der Waals surface area contributed by atoms with E-state index < -0.39 is 0 Å². The van der Waals surface area contributed by atoms with Gasteiger partial charge >= 0.3 is 0 Å². The van der Waals surface area contributed by atoms with Gasteiger partial charge in [-0.15, -0.1) is 0 Å². The molecule has 0 atom stereocenters. The molecule has 0 fully saturated rings. The zero-order valence-corrected chi connectivity index (χ0v) is 9.74. The zero-order chi connectivity index (χ0) is 10.6. The number of hydrogen-bond acceptors (Lipinski definition) is 2. The summed E-state index contributed by atoms with van der Waals surface area (Å²) in [4.78, 5) is 0. The summed E-state index contributed by atoms with van der Waals surface area (Å²) in [6, 6.07) is 3.56. The summed E-state index contributed by atoms with van der Waals surface area (Å²) in [5.41, 5.74) is 0.985. The molecule has 0 aliphatic carbocycles. The Balaban J connectivity index is 2.90. The molecule has 0 heterocycles. The standard InChI is InChI=1S/C10H13Cl2NO/c1-3-13-6-7-4-9(12)10(14-2)5-8(7)11/h4-5,13H,3,6H2,1-2H3. The molecular weight excluding hydrogens is 221 g/mol. The molecule has 78 valence electrons. The molecule has 0 aromatic heterocycles. The minimum absolute atomic E-state index is 0.588. The predicted molar refractivity (Wildman–Crippen MR) is 60.4 cm³/mol. The van der Waals surface area contributed by atoms with Gasteiger partial charge in [-0.05, 0) is 18.2 Å². The molecule has 1 aromatic rings. The smallest absolute Gasteiger partial charge is 0.138 e. The average molecular weight is 234 g/mol. The van der Waals surface area contributed by atoms with E-state index in [0.717, 1.165) is 18.7 Å². The van der Waals surface area contributed by atoms with Gasteiger partial charge in [0, 0.05) is 17.6 Å². The molecule has 0 saturated heterocycles. The first-order valence-corrected chi connectivity index (χ1v) is 5.17. The van der Waals surface area contributed by atoms with Gasteiger partial charge in [-0.2, -0.15) is 0 Å². The van der Waals surface area contributed by atoms with Crippen LogP contribution in [0, 0.1) is 0 Å². The van der Waals surface area contributed by atoms with Crippen LogP contribution >= 0.6 is 23.2 Å². The second-order valence-electron chi connectivity index (χ2n) is 2.86. The largest absolute Gasteiger partial charge is 0.495 e. The topological polar surface area (TPSA) is 21.3 Å². The van der Waals surface area contributed by atoms with Crippen molar-refractivity contribution in [2.24, 2.45) is 0 Å². The van der Waals surface area contributed by atoms with Gasteiger partial charge in [0.2, 0.25) is 0 Å². The SMILES string of the molecule is CCNCc1cc(Cl)c(OC)cc1Cl. The van der Waals surface area contributed by atoms with Crippen molar-refractivity contribution in [2.75, 3.05) is 13.7 Å². The van der Waals surface area contributed by atoms with Crippen LogP contribution in [0.5, 0.6) is 5.75 Å². The van der Waals surface area contributed by atoms with Crippen LogP contribution in [0.15, 0.2) is 12.1 Å². The Labute approximate surface area is 94.2 Å². The molecule has 0 spiro atoms. The van der Waals surface area contributed by atoms with E-state index in [1.165, 1.54) is 0 Å². The van der Waals surface area contributed by atoms with Crippen LogP contribution < -0.4 is 10.1 Å². The fraction of sp³-hybridized carbons (Fsp3) is 0.400. The number of benzene rings is 1. The van der Waals surface area contributed by atoms with E-state index in [-0.39, 0.29) is 0 Å². The molecule has 0 radical (unpaired) electrons. The van der Waals surface area contributed by atoms with Gasteiger partial charge in [-0.25, -0.2) is 0 Å². The minimum atomic E-state index is 0.588. The summed E-state index contributed by atoms with van der Waals surface area (Å²) in [5, 5.41) is 4.45. The second kappa shape index (κ2) is 5.44. The van der Waals surface area contributed by atoms with Gasteiger partial charge in [-0.1, -0.05) is 30.1 Å². The highest BCUT2D eigenvalue weighted by Crippen LogP contribution is 2.30. The third-order valence-corrected chi connectivity index (χ3v) is 2.53. The number of rotatable bonds is 4. The lowest BCUT2D eigenvalue weighted by Crippen LogP contribution is -2.12. The van der Waals surface area contributed by atoms with Gasteiger partial charge in [0.1, 0.15) is 5.75 Å². The third kappa shape index (κ3) is 2.77. The highest BCUT2D eigenvalue weighted by Gasteiger charge is 2.06. The summed E-state index contributed by atoms with van der Waals surface area (Å²) in [7, 11) is 1.57. The van der Waals surface area contributed by atoms with E-state index in [0.29, 0.717) is 15.8 Å². The molecule has 0 aliphatic rings. The van der Waals surface area contributed by atoms with Gasteiger partial charge < -0.3 is 10.1 Å². The first kappa shape index (κ1) is 11.6. The fourth-order valence-corrected chi connectivity index (χ4v) is 1.61. The van der Waals surface area contributed by atoms with Gasteiger partial charge in [-0.3, -0.25) is 0 Å². The van der Waals surface area contributed by atoms with Crippen LogP contribution in [-0.4, -0.2) is 13.7 Å². The quantitative estimate of drug-likeness (QED) is 0.864. The number of halogens is 2. The first-order valence-electron chi connectivity index (χ1n) is 4.41. The number of nitrogens with one attached hydrogen (secondary N) is 1. The number of methoxy groups -OCH3 is 1. The molecule has 14 heavy (non-hydrogen) atoms. The van der Waals surface area contributed by atoms with E-state index in [4.69, 9.17) is 27.9 Å².